The maximum Gasteiger partial charge on any atom is 0.330 e. The number of nitro groups is 1. The standard InChI is InChI=1S/C17H21NO4S2/c1-2-3-9-22-16(19)8-5-13-12-14(18(20)21)6-7-15(13)17-23-10-4-11-24-17/h5-8,12,17H,2-4,9-11H2,1H3/b8-5+. The molecule has 2 rings (SSSR count). The van der Waals surface area contributed by atoms with Crippen molar-refractivity contribution in [3.05, 3.63) is 45.5 Å². The number of hydrogen-bond acceptors (Lipinski definition) is 6. The van der Waals surface area contributed by atoms with Gasteiger partial charge >= 0.3 is 5.97 Å². The fourth-order valence-corrected chi connectivity index (χ4v) is 5.21. The number of nitrogens with zero attached hydrogens (tertiary/aromatic N) is 1. The van der Waals surface area contributed by atoms with Crippen LogP contribution in [0.25, 0.3) is 6.08 Å². The topological polar surface area (TPSA) is 69.4 Å². The minimum Gasteiger partial charge on any atom is -0.463 e. The number of ether oxygens (including phenoxy) is 1. The maximum atomic E-state index is 11.7. The highest BCUT2D eigenvalue weighted by atomic mass is 32.2. The van der Waals surface area contributed by atoms with E-state index in [0.717, 1.165) is 29.9 Å². The molecule has 0 aromatic heterocycles. The van der Waals surface area contributed by atoms with Crippen molar-refractivity contribution in [1.82, 2.24) is 0 Å². The fourth-order valence-electron chi connectivity index (χ4n) is 2.23. The Morgan fingerprint density at radius 1 is 1.42 bits per heavy atom. The van der Waals surface area contributed by atoms with Crippen LogP contribution in [0.4, 0.5) is 5.69 Å². The summed E-state index contributed by atoms with van der Waals surface area (Å²) < 4.78 is 5.34. The van der Waals surface area contributed by atoms with Crippen molar-refractivity contribution in [2.24, 2.45) is 0 Å². The third kappa shape index (κ3) is 5.56. The van der Waals surface area contributed by atoms with Gasteiger partial charge in [0.1, 0.15) is 0 Å². The number of thioether (sulfide) groups is 2. The van der Waals surface area contributed by atoms with Gasteiger partial charge < -0.3 is 4.74 Å². The van der Waals surface area contributed by atoms with E-state index in [1.54, 1.807) is 12.1 Å². The van der Waals surface area contributed by atoms with E-state index in [2.05, 4.69) is 0 Å². The zero-order chi connectivity index (χ0) is 17.4. The van der Waals surface area contributed by atoms with Crippen molar-refractivity contribution >= 4 is 41.3 Å². The second-order valence-electron chi connectivity index (χ2n) is 5.35. The molecule has 1 saturated heterocycles. The molecule has 0 aliphatic carbocycles. The van der Waals surface area contributed by atoms with Crippen LogP contribution in [0.2, 0.25) is 0 Å². The zero-order valence-corrected chi connectivity index (χ0v) is 15.2. The number of unbranched alkanes of at least 4 members (excludes halogenated alkanes) is 1. The summed E-state index contributed by atoms with van der Waals surface area (Å²) in [4.78, 5) is 22.4. The monoisotopic (exact) mass is 367 g/mol. The third-order valence-electron chi connectivity index (χ3n) is 3.50. The number of carbonyl (C=O) groups excluding carboxylic acids is 1. The molecular weight excluding hydrogens is 346 g/mol. The molecule has 1 heterocycles. The second-order valence-corrected chi connectivity index (χ2v) is 8.08. The first-order chi connectivity index (χ1) is 11.6. The van der Waals surface area contributed by atoms with Crippen molar-refractivity contribution in [3.8, 4) is 0 Å². The highest BCUT2D eigenvalue weighted by Gasteiger charge is 2.20. The highest BCUT2D eigenvalue weighted by Crippen LogP contribution is 2.45. The van der Waals surface area contributed by atoms with Gasteiger partial charge in [0, 0.05) is 18.2 Å². The molecule has 5 nitrogen and oxygen atoms in total. The molecule has 0 radical (unpaired) electrons. The van der Waals surface area contributed by atoms with E-state index < -0.39 is 10.9 Å². The van der Waals surface area contributed by atoms with Crippen molar-refractivity contribution in [2.75, 3.05) is 18.1 Å². The number of non-ortho nitro benzene ring substituents is 1. The summed E-state index contributed by atoms with van der Waals surface area (Å²) in [5, 5.41) is 11.0. The quantitative estimate of drug-likeness (QED) is 0.226. The molecule has 0 bridgehead atoms. The van der Waals surface area contributed by atoms with Crippen LogP contribution < -0.4 is 0 Å². The fraction of sp³-hybridized carbons (Fsp3) is 0.471. The molecule has 1 aromatic rings. The maximum absolute atomic E-state index is 11.7. The molecule has 1 fully saturated rings. The lowest BCUT2D eigenvalue weighted by molar-refractivity contribution is -0.384. The Morgan fingerprint density at radius 3 is 2.83 bits per heavy atom. The number of benzene rings is 1. The van der Waals surface area contributed by atoms with Crippen LogP contribution in [0.3, 0.4) is 0 Å². The highest BCUT2D eigenvalue weighted by molar-refractivity contribution is 8.16. The van der Waals surface area contributed by atoms with Gasteiger partial charge in [0.25, 0.3) is 5.69 Å². The average Bonchev–Trinajstić information content (AvgIpc) is 2.60. The normalized spacial score (nSPS) is 15.5. The first-order valence-electron chi connectivity index (χ1n) is 7.98. The van der Waals surface area contributed by atoms with E-state index in [0.29, 0.717) is 12.2 Å². The van der Waals surface area contributed by atoms with Crippen molar-refractivity contribution in [3.63, 3.8) is 0 Å². The minimum absolute atomic E-state index is 0.0311. The number of esters is 1. The number of nitro benzene ring substituents is 1. The molecule has 0 saturated carbocycles. The van der Waals surface area contributed by atoms with E-state index in [1.165, 1.54) is 24.6 Å². The van der Waals surface area contributed by atoms with Crippen LogP contribution in [0.1, 0.15) is 41.9 Å². The Balaban J connectivity index is 2.18. The summed E-state index contributed by atoms with van der Waals surface area (Å²) in [5.41, 5.74) is 1.76. The van der Waals surface area contributed by atoms with Gasteiger partial charge in [-0.05, 0) is 47.6 Å². The molecule has 1 aromatic carbocycles. The lowest BCUT2D eigenvalue weighted by atomic mass is 10.1. The number of hydrogen-bond donors (Lipinski definition) is 0. The summed E-state index contributed by atoms with van der Waals surface area (Å²) in [6.07, 6.45) is 5.95. The van der Waals surface area contributed by atoms with Gasteiger partial charge in [-0.15, -0.1) is 23.5 Å². The summed E-state index contributed by atoms with van der Waals surface area (Å²) in [7, 11) is 0. The predicted molar refractivity (Wildman–Crippen MR) is 100 cm³/mol. The van der Waals surface area contributed by atoms with Gasteiger partial charge in [-0.3, -0.25) is 10.1 Å². The van der Waals surface area contributed by atoms with Crippen LogP contribution in [-0.2, 0) is 9.53 Å². The van der Waals surface area contributed by atoms with Crippen LogP contribution in [0, 0.1) is 10.1 Å². The van der Waals surface area contributed by atoms with E-state index in [-0.39, 0.29) is 10.3 Å². The predicted octanol–water partition coefficient (Wildman–Crippen LogP) is 4.82. The molecule has 0 amide bonds. The summed E-state index contributed by atoms with van der Waals surface area (Å²) in [6.45, 7) is 2.42. The van der Waals surface area contributed by atoms with Gasteiger partial charge in [0.15, 0.2) is 0 Å². The van der Waals surface area contributed by atoms with Gasteiger partial charge in [-0.1, -0.05) is 13.3 Å². The summed E-state index contributed by atoms with van der Waals surface area (Å²) in [6, 6.07) is 4.86. The van der Waals surface area contributed by atoms with E-state index in [9.17, 15) is 14.9 Å². The molecule has 0 spiro atoms. The van der Waals surface area contributed by atoms with Crippen LogP contribution in [0.5, 0.6) is 0 Å². The lowest BCUT2D eigenvalue weighted by Crippen LogP contribution is -2.04. The van der Waals surface area contributed by atoms with Crippen molar-refractivity contribution < 1.29 is 14.5 Å². The SMILES string of the molecule is CCCCOC(=O)/C=C/c1cc([N+](=O)[O-])ccc1C1SCCCS1. The Morgan fingerprint density at radius 2 is 2.17 bits per heavy atom. The Kier molecular flexibility index (Phi) is 7.65. The zero-order valence-electron chi connectivity index (χ0n) is 13.6. The summed E-state index contributed by atoms with van der Waals surface area (Å²) >= 11 is 3.68. The third-order valence-corrected chi connectivity index (χ3v) is 6.48. The molecule has 1 aliphatic heterocycles. The molecule has 1 aliphatic rings. The number of rotatable bonds is 7. The first kappa shape index (κ1) is 18.9. The van der Waals surface area contributed by atoms with Gasteiger partial charge in [0.2, 0.25) is 0 Å². The van der Waals surface area contributed by atoms with Crippen molar-refractivity contribution in [2.45, 2.75) is 30.8 Å². The smallest absolute Gasteiger partial charge is 0.330 e. The molecule has 0 N–H and O–H groups in total. The average molecular weight is 367 g/mol. The van der Waals surface area contributed by atoms with Gasteiger partial charge in [0.05, 0.1) is 16.1 Å². The molecule has 0 atom stereocenters. The molecule has 130 valence electrons. The van der Waals surface area contributed by atoms with Gasteiger partial charge in [-0.2, -0.15) is 0 Å². The van der Waals surface area contributed by atoms with E-state index in [1.807, 2.05) is 30.4 Å². The largest absolute Gasteiger partial charge is 0.463 e. The molecule has 7 heteroatoms. The molecular formula is C17H21NO4S2. The van der Waals surface area contributed by atoms with E-state index >= 15 is 0 Å². The van der Waals surface area contributed by atoms with Crippen LogP contribution >= 0.6 is 23.5 Å². The summed E-state index contributed by atoms with van der Waals surface area (Å²) in [5.74, 6) is 1.75. The molecule has 24 heavy (non-hydrogen) atoms. The lowest BCUT2D eigenvalue weighted by Gasteiger charge is -2.22. The van der Waals surface area contributed by atoms with Crippen LogP contribution in [-0.4, -0.2) is 29.0 Å². The van der Waals surface area contributed by atoms with Crippen LogP contribution in [0.15, 0.2) is 24.3 Å². The van der Waals surface area contributed by atoms with Gasteiger partial charge in [-0.25, -0.2) is 4.79 Å². The number of carbonyl (C=O) groups is 1. The minimum atomic E-state index is -0.415. The second kappa shape index (κ2) is 9.74. The Hall–Kier alpha value is -1.47. The first-order valence-corrected chi connectivity index (χ1v) is 10.1. The molecule has 0 unspecified atom stereocenters. The Bertz CT molecular complexity index is 613. The van der Waals surface area contributed by atoms with Crippen molar-refractivity contribution in [1.29, 1.82) is 0 Å². The Labute approximate surface area is 150 Å². The van der Waals surface area contributed by atoms with E-state index in [4.69, 9.17) is 4.74 Å².